The van der Waals surface area contributed by atoms with E-state index >= 15 is 0 Å². The summed E-state index contributed by atoms with van der Waals surface area (Å²) in [5.74, 6) is -0.290. The minimum absolute atomic E-state index is 0.0211. The smallest absolute Gasteiger partial charge is 0.257 e. The lowest BCUT2D eigenvalue weighted by molar-refractivity contribution is 0.0636. The van der Waals surface area contributed by atoms with E-state index in [-0.39, 0.29) is 17.9 Å². The molecule has 1 fully saturated rings. The summed E-state index contributed by atoms with van der Waals surface area (Å²) in [5.41, 5.74) is 1.54. The number of carbonyl (C=O) groups excluding carboxylic acids is 2. The summed E-state index contributed by atoms with van der Waals surface area (Å²) < 4.78 is 0.963. The summed E-state index contributed by atoms with van der Waals surface area (Å²) in [4.78, 5) is 31.4. The molecule has 0 bridgehead atoms. The van der Waals surface area contributed by atoms with E-state index in [9.17, 15) is 9.59 Å². The molecule has 0 saturated carbocycles. The Kier molecular flexibility index (Phi) is 5.67. The predicted octanol–water partition coefficient (Wildman–Crippen LogP) is 3.95. The van der Waals surface area contributed by atoms with Gasteiger partial charge >= 0.3 is 0 Å². The maximum atomic E-state index is 13.1. The lowest BCUT2D eigenvalue weighted by Crippen LogP contribution is -2.42. The van der Waals surface area contributed by atoms with Crippen LogP contribution in [0.2, 0.25) is 0 Å². The summed E-state index contributed by atoms with van der Waals surface area (Å²) in [5, 5.41) is 2.86. The Labute approximate surface area is 161 Å². The normalized spacial score (nSPS) is 17.2. The molecule has 1 unspecified atom stereocenters. The van der Waals surface area contributed by atoms with E-state index in [1.807, 2.05) is 17.0 Å². The molecule has 130 valence electrons. The molecule has 0 spiro atoms. The van der Waals surface area contributed by atoms with Crippen molar-refractivity contribution < 1.29 is 9.59 Å². The Morgan fingerprint density at radius 1 is 1.28 bits per heavy atom. The zero-order chi connectivity index (χ0) is 17.8. The summed E-state index contributed by atoms with van der Waals surface area (Å²) in [6, 6.07) is 9.14. The van der Waals surface area contributed by atoms with Gasteiger partial charge in [-0.2, -0.15) is 0 Å². The number of hydrogen-bond donors (Lipinski definition) is 1. The van der Waals surface area contributed by atoms with Gasteiger partial charge in [0.1, 0.15) is 0 Å². The van der Waals surface area contributed by atoms with E-state index in [4.69, 9.17) is 0 Å². The molecule has 1 aromatic carbocycles. The van der Waals surface area contributed by atoms with Gasteiger partial charge in [0.2, 0.25) is 0 Å². The molecule has 1 N–H and O–H groups in total. The zero-order valence-corrected chi connectivity index (χ0v) is 16.2. The van der Waals surface area contributed by atoms with Crippen molar-refractivity contribution in [2.45, 2.75) is 32.2 Å². The van der Waals surface area contributed by atoms with Crippen molar-refractivity contribution in [1.29, 1.82) is 0 Å². The van der Waals surface area contributed by atoms with Gasteiger partial charge in [0.25, 0.3) is 11.8 Å². The molecule has 2 heterocycles. The van der Waals surface area contributed by atoms with Crippen LogP contribution >= 0.6 is 22.6 Å². The first-order valence-electron chi connectivity index (χ1n) is 8.38. The average molecular weight is 449 g/mol. The van der Waals surface area contributed by atoms with Gasteiger partial charge in [-0.1, -0.05) is 0 Å². The summed E-state index contributed by atoms with van der Waals surface area (Å²) in [6.07, 6.45) is 6.33. The Bertz CT molecular complexity index is 779. The minimum Gasteiger partial charge on any atom is -0.336 e. The fraction of sp³-hybridized carbons (Fsp3) is 0.316. The van der Waals surface area contributed by atoms with Crippen molar-refractivity contribution in [2.24, 2.45) is 0 Å². The van der Waals surface area contributed by atoms with Crippen molar-refractivity contribution in [2.75, 3.05) is 11.9 Å². The van der Waals surface area contributed by atoms with Crippen LogP contribution in [0.4, 0.5) is 5.69 Å². The molecule has 1 atom stereocenters. The van der Waals surface area contributed by atoms with Gasteiger partial charge in [0, 0.05) is 28.6 Å². The van der Waals surface area contributed by atoms with E-state index in [0.717, 1.165) is 29.4 Å². The first kappa shape index (κ1) is 17.8. The number of hydrogen-bond acceptors (Lipinski definition) is 3. The number of piperidine rings is 1. The number of halogens is 1. The number of aromatic nitrogens is 1. The second kappa shape index (κ2) is 7.95. The van der Waals surface area contributed by atoms with Gasteiger partial charge < -0.3 is 10.2 Å². The molecular formula is C19H20IN3O2. The molecule has 25 heavy (non-hydrogen) atoms. The van der Waals surface area contributed by atoms with Gasteiger partial charge in [-0.25, -0.2) is 0 Å². The number of pyridine rings is 1. The van der Waals surface area contributed by atoms with E-state index in [0.29, 0.717) is 16.8 Å². The first-order chi connectivity index (χ1) is 12.1. The first-order valence-corrected chi connectivity index (χ1v) is 9.46. The molecule has 2 aromatic rings. The van der Waals surface area contributed by atoms with E-state index in [1.165, 1.54) is 6.20 Å². The summed E-state index contributed by atoms with van der Waals surface area (Å²) in [6.45, 7) is 2.85. The highest BCUT2D eigenvalue weighted by atomic mass is 127. The Hall–Kier alpha value is -1.96. The zero-order valence-electron chi connectivity index (χ0n) is 14.0. The highest BCUT2D eigenvalue weighted by molar-refractivity contribution is 14.1. The fourth-order valence-corrected chi connectivity index (χ4v) is 3.54. The molecular weight excluding hydrogens is 429 g/mol. The van der Waals surface area contributed by atoms with Gasteiger partial charge in [0.05, 0.1) is 16.8 Å². The van der Waals surface area contributed by atoms with Crippen LogP contribution in [0.1, 0.15) is 46.9 Å². The van der Waals surface area contributed by atoms with Crippen molar-refractivity contribution in [3.63, 3.8) is 0 Å². The third-order valence-electron chi connectivity index (χ3n) is 4.45. The second-order valence-corrected chi connectivity index (χ2v) is 7.47. The fourth-order valence-electron chi connectivity index (χ4n) is 3.05. The highest BCUT2D eigenvalue weighted by Crippen LogP contribution is 2.25. The lowest BCUT2D eigenvalue weighted by atomic mass is 10.0. The van der Waals surface area contributed by atoms with Crippen molar-refractivity contribution in [1.82, 2.24) is 9.88 Å². The Morgan fingerprint density at radius 3 is 2.84 bits per heavy atom. The van der Waals surface area contributed by atoms with Crippen LogP contribution in [0.15, 0.2) is 42.7 Å². The number of rotatable bonds is 3. The summed E-state index contributed by atoms with van der Waals surface area (Å²) >= 11 is 2.18. The summed E-state index contributed by atoms with van der Waals surface area (Å²) in [7, 11) is 0. The van der Waals surface area contributed by atoms with Crippen LogP contribution in [0.3, 0.4) is 0 Å². The number of carbonyl (C=O) groups is 2. The number of anilines is 1. The quantitative estimate of drug-likeness (QED) is 0.722. The molecule has 1 aliphatic rings. The lowest BCUT2D eigenvalue weighted by Gasteiger charge is -2.34. The number of amides is 2. The van der Waals surface area contributed by atoms with Gasteiger partial charge in [-0.15, -0.1) is 0 Å². The third kappa shape index (κ3) is 4.18. The number of likely N-dealkylation sites (tertiary alicyclic amines) is 1. The minimum atomic E-state index is -0.268. The van der Waals surface area contributed by atoms with Gasteiger partial charge in [-0.3, -0.25) is 14.6 Å². The topological polar surface area (TPSA) is 62.3 Å². The molecule has 2 amide bonds. The predicted molar refractivity (Wildman–Crippen MR) is 106 cm³/mol. The number of nitrogens with one attached hydrogen (secondary N) is 1. The highest BCUT2D eigenvalue weighted by Gasteiger charge is 2.26. The van der Waals surface area contributed by atoms with Crippen LogP contribution in [0.5, 0.6) is 0 Å². The van der Waals surface area contributed by atoms with E-state index in [1.54, 1.807) is 24.4 Å². The molecule has 1 aliphatic heterocycles. The van der Waals surface area contributed by atoms with E-state index in [2.05, 4.69) is 39.8 Å². The Morgan fingerprint density at radius 2 is 2.12 bits per heavy atom. The SMILES string of the molecule is CC1CCCCN1C(=O)c1cc(I)ccc1NC(=O)c1cccnc1. The third-order valence-corrected chi connectivity index (χ3v) is 5.12. The monoisotopic (exact) mass is 449 g/mol. The maximum Gasteiger partial charge on any atom is 0.257 e. The average Bonchev–Trinajstić information content (AvgIpc) is 2.63. The standard InChI is InChI=1S/C19H20IN3O2/c1-13-5-2-3-10-23(13)19(25)16-11-15(20)7-8-17(16)22-18(24)14-6-4-9-21-12-14/h4,6-9,11-13H,2-3,5,10H2,1H3,(H,22,24). The largest absolute Gasteiger partial charge is 0.336 e. The van der Waals surface area contributed by atoms with Crippen LogP contribution in [-0.2, 0) is 0 Å². The van der Waals surface area contributed by atoms with Crippen molar-refractivity contribution in [3.05, 3.63) is 57.4 Å². The molecule has 1 saturated heterocycles. The van der Waals surface area contributed by atoms with E-state index < -0.39 is 0 Å². The maximum absolute atomic E-state index is 13.1. The van der Waals surface area contributed by atoms with Crippen molar-refractivity contribution in [3.8, 4) is 0 Å². The Balaban J connectivity index is 1.88. The van der Waals surface area contributed by atoms with Gasteiger partial charge in [-0.05, 0) is 79.1 Å². The number of nitrogens with zero attached hydrogens (tertiary/aromatic N) is 2. The van der Waals surface area contributed by atoms with Crippen LogP contribution in [-0.4, -0.2) is 34.3 Å². The molecule has 0 aliphatic carbocycles. The van der Waals surface area contributed by atoms with Crippen LogP contribution in [0, 0.1) is 3.57 Å². The molecule has 3 rings (SSSR count). The number of benzene rings is 1. The van der Waals surface area contributed by atoms with Gasteiger partial charge in [0.15, 0.2) is 0 Å². The van der Waals surface area contributed by atoms with Crippen molar-refractivity contribution >= 4 is 40.1 Å². The van der Waals surface area contributed by atoms with Crippen LogP contribution < -0.4 is 5.32 Å². The molecule has 1 aromatic heterocycles. The van der Waals surface area contributed by atoms with Crippen LogP contribution in [0.25, 0.3) is 0 Å². The molecule has 6 heteroatoms. The second-order valence-electron chi connectivity index (χ2n) is 6.23. The molecule has 0 radical (unpaired) electrons. The molecule has 5 nitrogen and oxygen atoms in total.